The molecule has 3 amide bonds. The Bertz CT molecular complexity index is 869. The third-order valence-corrected chi connectivity index (χ3v) is 7.13. The van der Waals surface area contributed by atoms with Gasteiger partial charge in [0.1, 0.15) is 6.61 Å². The Hall–Kier alpha value is -2.49. The van der Waals surface area contributed by atoms with E-state index in [9.17, 15) is 14.4 Å². The van der Waals surface area contributed by atoms with Crippen LogP contribution in [0.15, 0.2) is 24.3 Å². The molecule has 3 rings (SSSR count). The number of carbonyl (C=O) groups excluding carboxylic acids is 3. The van der Waals surface area contributed by atoms with E-state index in [1.165, 1.54) is 7.11 Å². The number of hydrogen-bond donors (Lipinski definition) is 1. The molecule has 0 unspecified atom stereocenters. The van der Waals surface area contributed by atoms with Crippen LogP contribution < -0.4 is 10.6 Å². The summed E-state index contributed by atoms with van der Waals surface area (Å²) in [6.45, 7) is 9.35. The lowest BCUT2D eigenvalue weighted by atomic mass is 9.96. The number of methoxy groups -OCH3 is 1. The van der Waals surface area contributed by atoms with Crippen LogP contribution in [0.2, 0.25) is 0 Å². The molecule has 0 bridgehead atoms. The van der Waals surface area contributed by atoms with E-state index in [1.54, 1.807) is 4.90 Å². The Kier molecular flexibility index (Phi) is 10.1. The fraction of sp³-hybridized carbons (Fsp3) is 0.654. The second kappa shape index (κ2) is 13.0. The van der Waals surface area contributed by atoms with Gasteiger partial charge in [0.15, 0.2) is 0 Å². The molecule has 2 aliphatic heterocycles. The Morgan fingerprint density at radius 3 is 2.37 bits per heavy atom. The number of nitrogens with zero attached hydrogens (tertiary/aromatic N) is 4. The van der Waals surface area contributed by atoms with Gasteiger partial charge in [-0.25, -0.2) is 0 Å². The largest absolute Gasteiger partial charge is 0.375 e. The monoisotopic (exact) mass is 487 g/mol. The first-order valence-electron chi connectivity index (χ1n) is 12.7. The van der Waals surface area contributed by atoms with Gasteiger partial charge in [-0.1, -0.05) is 18.2 Å². The van der Waals surface area contributed by atoms with Crippen LogP contribution in [0, 0.1) is 5.92 Å². The molecule has 2 N–H and O–H groups in total. The number of para-hydroxylation sites is 1. The van der Waals surface area contributed by atoms with Crippen molar-refractivity contribution >= 4 is 23.4 Å². The lowest BCUT2D eigenvalue weighted by molar-refractivity contribution is -0.134. The summed E-state index contributed by atoms with van der Waals surface area (Å²) >= 11 is 0. The minimum atomic E-state index is -0.249. The molecule has 2 aliphatic rings. The second-order valence-corrected chi connectivity index (χ2v) is 9.86. The highest BCUT2D eigenvalue weighted by Gasteiger charge is 2.27. The molecule has 9 heteroatoms. The summed E-state index contributed by atoms with van der Waals surface area (Å²) in [6.07, 6.45) is 2.23. The van der Waals surface area contributed by atoms with E-state index in [1.807, 2.05) is 29.2 Å². The van der Waals surface area contributed by atoms with Crippen LogP contribution in [-0.4, -0.2) is 98.0 Å². The van der Waals surface area contributed by atoms with Crippen molar-refractivity contribution in [2.75, 3.05) is 64.4 Å². The summed E-state index contributed by atoms with van der Waals surface area (Å²) in [5.41, 5.74) is 7.26. The van der Waals surface area contributed by atoms with Gasteiger partial charge in [0, 0.05) is 57.5 Å². The first kappa shape index (κ1) is 27.1. The number of nitrogens with two attached hydrogens (primary N) is 1. The molecule has 2 heterocycles. The number of fused-ring (bicyclic) bond motifs is 1. The summed E-state index contributed by atoms with van der Waals surface area (Å²) in [7, 11) is 1.53. The number of carbonyl (C=O) groups is 3. The zero-order valence-electron chi connectivity index (χ0n) is 21.4. The van der Waals surface area contributed by atoms with Gasteiger partial charge in [0.25, 0.3) is 5.91 Å². The molecular weight excluding hydrogens is 446 g/mol. The van der Waals surface area contributed by atoms with E-state index in [2.05, 4.69) is 23.6 Å². The van der Waals surface area contributed by atoms with E-state index in [-0.39, 0.29) is 30.2 Å². The van der Waals surface area contributed by atoms with Gasteiger partial charge in [0.2, 0.25) is 11.8 Å². The molecule has 0 saturated carbocycles. The Balaban J connectivity index is 1.82. The maximum atomic E-state index is 13.5. The maximum absolute atomic E-state index is 13.5. The predicted molar refractivity (Wildman–Crippen MR) is 136 cm³/mol. The van der Waals surface area contributed by atoms with Crippen LogP contribution >= 0.6 is 0 Å². The van der Waals surface area contributed by atoms with Gasteiger partial charge in [-0.2, -0.15) is 0 Å². The minimum absolute atomic E-state index is 0.0200. The number of anilines is 1. The molecule has 1 fully saturated rings. The third-order valence-electron chi connectivity index (χ3n) is 7.13. The second-order valence-electron chi connectivity index (χ2n) is 9.86. The van der Waals surface area contributed by atoms with Gasteiger partial charge in [-0.15, -0.1) is 0 Å². The van der Waals surface area contributed by atoms with Crippen molar-refractivity contribution in [1.29, 1.82) is 0 Å². The highest BCUT2D eigenvalue weighted by atomic mass is 16.5. The van der Waals surface area contributed by atoms with Gasteiger partial charge in [-0.3, -0.25) is 24.2 Å². The van der Waals surface area contributed by atoms with E-state index in [0.717, 1.165) is 30.8 Å². The highest BCUT2D eigenvalue weighted by Crippen LogP contribution is 2.24. The topological polar surface area (TPSA) is 99.4 Å². The molecule has 0 aliphatic carbocycles. The number of rotatable bonds is 6. The van der Waals surface area contributed by atoms with Crippen molar-refractivity contribution in [3.8, 4) is 0 Å². The number of amides is 3. The van der Waals surface area contributed by atoms with E-state index < -0.39 is 0 Å². The fourth-order valence-corrected chi connectivity index (χ4v) is 4.96. The van der Waals surface area contributed by atoms with Crippen molar-refractivity contribution in [1.82, 2.24) is 14.7 Å². The highest BCUT2D eigenvalue weighted by molar-refractivity contribution is 5.95. The number of piperidine rings is 1. The molecule has 9 nitrogen and oxygen atoms in total. The molecular formula is C26H41N5O4. The molecule has 1 aromatic carbocycles. The van der Waals surface area contributed by atoms with Gasteiger partial charge >= 0.3 is 0 Å². The number of likely N-dealkylation sites (tertiary alicyclic amines) is 1. The lowest BCUT2D eigenvalue weighted by Gasteiger charge is -2.33. The number of ether oxygens (including phenoxy) is 1. The maximum Gasteiger partial charge on any atom is 0.252 e. The molecule has 1 saturated heterocycles. The third kappa shape index (κ3) is 7.49. The zero-order valence-corrected chi connectivity index (χ0v) is 21.4. The summed E-state index contributed by atoms with van der Waals surface area (Å²) in [5, 5.41) is 0. The smallest absolute Gasteiger partial charge is 0.252 e. The summed E-state index contributed by atoms with van der Waals surface area (Å²) in [6, 6.07) is 8.18. The fourth-order valence-electron chi connectivity index (χ4n) is 4.96. The normalized spacial score (nSPS) is 19.3. The number of primary amides is 1. The van der Waals surface area contributed by atoms with Crippen molar-refractivity contribution in [2.24, 2.45) is 11.7 Å². The van der Waals surface area contributed by atoms with E-state index in [0.29, 0.717) is 58.2 Å². The van der Waals surface area contributed by atoms with Crippen LogP contribution in [0.5, 0.6) is 0 Å². The van der Waals surface area contributed by atoms with Gasteiger partial charge in [0.05, 0.1) is 6.54 Å². The van der Waals surface area contributed by atoms with Crippen LogP contribution in [0.1, 0.15) is 38.7 Å². The molecule has 0 spiro atoms. The predicted octanol–water partition coefficient (Wildman–Crippen LogP) is 1.31. The van der Waals surface area contributed by atoms with E-state index >= 15 is 0 Å². The van der Waals surface area contributed by atoms with Crippen LogP contribution in [0.4, 0.5) is 5.69 Å². The van der Waals surface area contributed by atoms with Gasteiger partial charge < -0.3 is 20.3 Å². The molecule has 1 aromatic rings. The zero-order chi connectivity index (χ0) is 25.4. The number of benzene rings is 1. The average Bonchev–Trinajstić information content (AvgIpc) is 2.86. The first-order valence-corrected chi connectivity index (χ1v) is 12.7. The molecule has 194 valence electrons. The molecule has 0 radical (unpaired) electrons. The first-order chi connectivity index (χ1) is 16.8. The van der Waals surface area contributed by atoms with Crippen molar-refractivity contribution in [2.45, 2.75) is 45.7 Å². The number of hydrogen-bond acceptors (Lipinski definition) is 6. The quantitative estimate of drug-likeness (QED) is 0.650. The molecule has 0 aromatic heterocycles. The van der Waals surface area contributed by atoms with E-state index in [4.69, 9.17) is 10.5 Å². The molecule has 35 heavy (non-hydrogen) atoms. The van der Waals surface area contributed by atoms with Crippen molar-refractivity contribution in [3.05, 3.63) is 29.8 Å². The lowest BCUT2D eigenvalue weighted by Crippen LogP contribution is -2.47. The SMILES string of the molecule is COCC(=O)N1CCCN(C(C)C)CCN(C(=O)CN2CCC(C(N)=O)CC2)Cc2ccccc21. The Morgan fingerprint density at radius 1 is 1.00 bits per heavy atom. The van der Waals surface area contributed by atoms with Crippen LogP contribution in [-0.2, 0) is 25.7 Å². The minimum Gasteiger partial charge on any atom is -0.375 e. The summed E-state index contributed by atoms with van der Waals surface area (Å²) < 4.78 is 5.15. The van der Waals surface area contributed by atoms with Crippen molar-refractivity contribution < 1.29 is 19.1 Å². The van der Waals surface area contributed by atoms with Crippen LogP contribution in [0.3, 0.4) is 0 Å². The summed E-state index contributed by atoms with van der Waals surface area (Å²) in [4.78, 5) is 46.2. The standard InChI is InChI=1S/C26H41N5O4/c1-20(2)29-11-6-12-31(25(33)19-35-3)23-8-5-4-7-22(23)17-30(16-15-29)24(32)18-28-13-9-21(10-14-28)26(27)34/h4-5,7-8,20-21H,6,9-19H2,1-3H3,(H2,27,34). The van der Waals surface area contributed by atoms with Crippen molar-refractivity contribution in [3.63, 3.8) is 0 Å². The van der Waals surface area contributed by atoms with Gasteiger partial charge in [-0.05, 0) is 57.8 Å². The van der Waals surface area contributed by atoms with Crippen LogP contribution in [0.25, 0.3) is 0 Å². The average molecular weight is 488 g/mol. The molecule has 0 atom stereocenters. The summed E-state index contributed by atoms with van der Waals surface area (Å²) in [5.74, 6) is -0.359. The Labute approximate surface area is 209 Å². The Morgan fingerprint density at radius 2 is 1.71 bits per heavy atom.